The molecule has 0 aromatic heterocycles. The second-order valence-corrected chi connectivity index (χ2v) is 1.52. The molecule has 0 atom stereocenters. The number of carbonyl (C=O) groups is 2. The summed E-state index contributed by atoms with van der Waals surface area (Å²) in [7, 11) is 0. The van der Waals surface area contributed by atoms with Gasteiger partial charge in [0.15, 0.2) is 0 Å². The topological polar surface area (TPSA) is 66.4 Å². The van der Waals surface area contributed by atoms with Gasteiger partial charge in [0, 0.05) is 6.42 Å². The molecule has 4 nitrogen and oxygen atoms in total. The summed E-state index contributed by atoms with van der Waals surface area (Å²) in [4.78, 5) is 20.1. The largest absolute Gasteiger partial charge is 0.480 e. The standard InChI is InChI=1S/C5H9NO3.ClH/c1-2-4(7)6-3-5(8)9;/h2-3H2,1H3,(H,6,7)(H,8,9);1H. The lowest BCUT2D eigenvalue weighted by Gasteiger charge is -1.95. The van der Waals surface area contributed by atoms with Gasteiger partial charge in [-0.2, -0.15) is 0 Å². The predicted octanol–water partition coefficient (Wildman–Crippen LogP) is 0.0190. The van der Waals surface area contributed by atoms with Crippen molar-refractivity contribution in [3.05, 3.63) is 0 Å². The fourth-order valence-electron chi connectivity index (χ4n) is 0.299. The van der Waals surface area contributed by atoms with Crippen LogP contribution in [0.1, 0.15) is 13.3 Å². The molecule has 1 amide bonds. The van der Waals surface area contributed by atoms with Gasteiger partial charge in [0.25, 0.3) is 0 Å². The first kappa shape index (κ1) is 12.0. The molecule has 0 rings (SSSR count). The predicted molar refractivity (Wildman–Crippen MR) is 38.2 cm³/mol. The van der Waals surface area contributed by atoms with Crippen LogP contribution in [0, 0.1) is 0 Å². The third-order valence-electron chi connectivity index (χ3n) is 0.758. The number of rotatable bonds is 3. The summed E-state index contributed by atoms with van der Waals surface area (Å²) in [5, 5.41) is 10.2. The van der Waals surface area contributed by atoms with Crippen LogP contribution in [0.15, 0.2) is 0 Å². The van der Waals surface area contributed by atoms with Crippen LogP contribution >= 0.6 is 12.4 Å². The molecule has 0 aliphatic heterocycles. The summed E-state index contributed by atoms with van der Waals surface area (Å²) in [5.74, 6) is -1.26. The number of nitrogens with one attached hydrogen (secondary N) is 1. The van der Waals surface area contributed by atoms with E-state index >= 15 is 0 Å². The highest BCUT2D eigenvalue weighted by Crippen LogP contribution is 1.72. The van der Waals surface area contributed by atoms with Gasteiger partial charge in [-0.15, -0.1) is 12.4 Å². The zero-order chi connectivity index (χ0) is 7.28. The van der Waals surface area contributed by atoms with Gasteiger partial charge >= 0.3 is 5.97 Å². The highest BCUT2D eigenvalue weighted by molar-refractivity contribution is 5.85. The average molecular weight is 168 g/mol. The Bertz CT molecular complexity index is 126. The number of carbonyl (C=O) groups excluding carboxylic acids is 1. The van der Waals surface area contributed by atoms with E-state index in [1.54, 1.807) is 6.92 Å². The molecule has 0 unspecified atom stereocenters. The quantitative estimate of drug-likeness (QED) is 0.623. The molecular weight excluding hydrogens is 158 g/mol. The first-order valence-corrected chi connectivity index (χ1v) is 2.65. The van der Waals surface area contributed by atoms with Crippen molar-refractivity contribution in [1.82, 2.24) is 5.32 Å². The minimum Gasteiger partial charge on any atom is -0.480 e. The summed E-state index contributed by atoms with van der Waals surface area (Å²) in [6, 6.07) is 0. The lowest BCUT2D eigenvalue weighted by molar-refractivity contribution is -0.137. The van der Waals surface area contributed by atoms with Gasteiger partial charge in [-0.25, -0.2) is 0 Å². The number of aliphatic carboxylic acids is 1. The van der Waals surface area contributed by atoms with E-state index in [4.69, 9.17) is 5.11 Å². The van der Waals surface area contributed by atoms with Gasteiger partial charge in [-0.1, -0.05) is 6.92 Å². The van der Waals surface area contributed by atoms with Crippen molar-refractivity contribution in [2.24, 2.45) is 0 Å². The van der Waals surface area contributed by atoms with Gasteiger partial charge < -0.3 is 10.4 Å². The molecule has 0 radical (unpaired) electrons. The Morgan fingerprint density at radius 3 is 2.30 bits per heavy atom. The summed E-state index contributed by atoms with van der Waals surface area (Å²) in [6.07, 6.45) is 0.327. The molecule has 0 saturated heterocycles. The zero-order valence-electron chi connectivity index (χ0n) is 5.59. The number of hydrogen-bond acceptors (Lipinski definition) is 2. The van der Waals surface area contributed by atoms with Crippen LogP contribution in [0.2, 0.25) is 0 Å². The Kier molecular flexibility index (Phi) is 7.60. The van der Waals surface area contributed by atoms with E-state index in [1.807, 2.05) is 0 Å². The third kappa shape index (κ3) is 7.23. The Hall–Kier alpha value is -0.770. The molecule has 0 heterocycles. The number of halogens is 1. The highest BCUT2D eigenvalue weighted by Gasteiger charge is 1.98. The molecule has 0 aromatic carbocycles. The Morgan fingerprint density at radius 1 is 1.50 bits per heavy atom. The van der Waals surface area contributed by atoms with E-state index in [9.17, 15) is 9.59 Å². The van der Waals surface area contributed by atoms with Gasteiger partial charge in [-0.05, 0) is 0 Å². The molecule has 0 aromatic rings. The Morgan fingerprint density at radius 2 is 2.00 bits per heavy atom. The fourth-order valence-corrected chi connectivity index (χ4v) is 0.299. The van der Waals surface area contributed by atoms with Crippen molar-refractivity contribution < 1.29 is 14.7 Å². The first-order valence-electron chi connectivity index (χ1n) is 2.65. The second-order valence-electron chi connectivity index (χ2n) is 1.52. The van der Waals surface area contributed by atoms with Gasteiger partial charge in [-0.3, -0.25) is 9.59 Å². The molecule has 10 heavy (non-hydrogen) atoms. The lowest BCUT2D eigenvalue weighted by atomic mass is 10.4. The zero-order valence-corrected chi connectivity index (χ0v) is 6.40. The molecule has 0 saturated carbocycles. The van der Waals surface area contributed by atoms with E-state index < -0.39 is 5.97 Å². The van der Waals surface area contributed by atoms with Crippen LogP contribution in [0.3, 0.4) is 0 Å². The molecule has 2 N–H and O–H groups in total. The first-order chi connectivity index (χ1) is 4.16. The normalized spacial score (nSPS) is 7.70. The van der Waals surface area contributed by atoms with Gasteiger partial charge in [0.2, 0.25) is 5.91 Å². The Labute approximate surface area is 65.0 Å². The van der Waals surface area contributed by atoms with E-state index in [2.05, 4.69) is 5.32 Å². The van der Waals surface area contributed by atoms with Crippen LogP contribution in [-0.2, 0) is 9.59 Å². The van der Waals surface area contributed by atoms with Gasteiger partial charge in [0.1, 0.15) is 6.54 Å². The summed E-state index contributed by atoms with van der Waals surface area (Å²) >= 11 is 0. The number of amides is 1. The lowest BCUT2D eigenvalue weighted by Crippen LogP contribution is -2.28. The van der Waals surface area contributed by atoms with Crippen molar-refractivity contribution in [3.63, 3.8) is 0 Å². The minimum absolute atomic E-state index is 0. The maximum Gasteiger partial charge on any atom is 0.322 e. The molecule has 5 heteroatoms. The van der Waals surface area contributed by atoms with Crippen molar-refractivity contribution in [2.75, 3.05) is 6.54 Å². The molecule has 0 spiro atoms. The maximum atomic E-state index is 10.3. The summed E-state index contributed by atoms with van der Waals surface area (Å²) in [5.41, 5.74) is 0. The van der Waals surface area contributed by atoms with Crippen molar-refractivity contribution in [3.8, 4) is 0 Å². The van der Waals surface area contributed by atoms with E-state index in [1.165, 1.54) is 0 Å². The van der Waals surface area contributed by atoms with Gasteiger partial charge in [0.05, 0.1) is 0 Å². The van der Waals surface area contributed by atoms with E-state index in [0.29, 0.717) is 6.42 Å². The molecule has 0 aliphatic rings. The van der Waals surface area contributed by atoms with Crippen LogP contribution in [-0.4, -0.2) is 23.5 Å². The monoisotopic (exact) mass is 167 g/mol. The molecule has 0 fully saturated rings. The Balaban J connectivity index is 0. The van der Waals surface area contributed by atoms with Crippen LogP contribution in [0.4, 0.5) is 0 Å². The molecule has 0 aliphatic carbocycles. The molecule has 60 valence electrons. The van der Waals surface area contributed by atoms with Crippen molar-refractivity contribution in [1.29, 1.82) is 0 Å². The minimum atomic E-state index is -1.02. The van der Waals surface area contributed by atoms with Crippen molar-refractivity contribution in [2.45, 2.75) is 13.3 Å². The second kappa shape index (κ2) is 6.35. The molecular formula is C5H10ClNO3. The number of carboxylic acids is 1. The SMILES string of the molecule is CCC(=O)NCC(=O)O.Cl. The summed E-state index contributed by atoms with van der Waals surface area (Å²) < 4.78 is 0. The number of hydrogen-bond donors (Lipinski definition) is 2. The fraction of sp³-hybridized carbons (Fsp3) is 0.600. The third-order valence-corrected chi connectivity index (χ3v) is 0.758. The summed E-state index contributed by atoms with van der Waals surface area (Å²) in [6.45, 7) is 1.38. The highest BCUT2D eigenvalue weighted by atomic mass is 35.5. The number of carboxylic acid groups (broad SMARTS) is 1. The van der Waals surface area contributed by atoms with Crippen LogP contribution < -0.4 is 5.32 Å². The smallest absolute Gasteiger partial charge is 0.322 e. The van der Waals surface area contributed by atoms with Crippen LogP contribution in [0.5, 0.6) is 0 Å². The molecule has 0 bridgehead atoms. The van der Waals surface area contributed by atoms with E-state index in [-0.39, 0.29) is 24.9 Å². The average Bonchev–Trinajstić information content (AvgIpc) is 1.83. The van der Waals surface area contributed by atoms with Crippen LogP contribution in [0.25, 0.3) is 0 Å². The maximum absolute atomic E-state index is 10.3. The van der Waals surface area contributed by atoms with E-state index in [0.717, 1.165) is 0 Å². The van der Waals surface area contributed by atoms with Crippen molar-refractivity contribution >= 4 is 24.3 Å².